The molecular formula is C14H11BrF3NO2. The topological polar surface area (TPSA) is 42.4 Å². The van der Waals surface area contributed by atoms with E-state index < -0.39 is 17.8 Å². The molecule has 1 heterocycles. The van der Waals surface area contributed by atoms with E-state index in [9.17, 15) is 18.3 Å². The number of aromatic nitrogens is 1. The highest BCUT2D eigenvalue weighted by atomic mass is 79.9. The van der Waals surface area contributed by atoms with Crippen molar-refractivity contribution < 1.29 is 23.0 Å². The fraction of sp³-hybridized carbons (Fsp3) is 0.214. The number of halogens is 4. The Kier molecular flexibility index (Phi) is 4.53. The number of nitrogens with zero attached hydrogens (tertiary/aromatic N) is 1. The molecule has 3 nitrogen and oxygen atoms in total. The molecule has 0 fully saturated rings. The minimum Gasteiger partial charge on any atom is -0.496 e. The monoisotopic (exact) mass is 361 g/mol. The van der Waals surface area contributed by atoms with Crippen molar-refractivity contribution in [1.82, 2.24) is 4.98 Å². The summed E-state index contributed by atoms with van der Waals surface area (Å²) < 4.78 is 44.4. The molecule has 21 heavy (non-hydrogen) atoms. The second-order valence-corrected chi connectivity index (χ2v) is 5.11. The first-order valence-electron chi connectivity index (χ1n) is 5.87. The summed E-state index contributed by atoms with van der Waals surface area (Å²) in [4.78, 5) is 3.67. The van der Waals surface area contributed by atoms with E-state index in [4.69, 9.17) is 4.74 Å². The first kappa shape index (κ1) is 15.8. The molecule has 0 radical (unpaired) electrons. The Bertz CT molecular complexity index is 646. The minimum absolute atomic E-state index is 0.290. The lowest BCUT2D eigenvalue weighted by atomic mass is 9.98. The third-order valence-electron chi connectivity index (χ3n) is 2.94. The predicted molar refractivity (Wildman–Crippen MR) is 74.0 cm³/mol. The number of ether oxygens (including phenoxy) is 1. The predicted octanol–water partition coefficient (Wildman–Crippen LogP) is 3.95. The van der Waals surface area contributed by atoms with Gasteiger partial charge in [0.2, 0.25) is 0 Å². The molecule has 112 valence electrons. The number of alkyl halides is 3. The summed E-state index contributed by atoms with van der Waals surface area (Å²) in [5.41, 5.74) is -0.889. The number of hydrogen-bond donors (Lipinski definition) is 1. The fourth-order valence-electron chi connectivity index (χ4n) is 1.91. The molecule has 2 aromatic rings. The zero-order valence-corrected chi connectivity index (χ0v) is 12.4. The molecule has 0 saturated heterocycles. The van der Waals surface area contributed by atoms with E-state index in [2.05, 4.69) is 20.9 Å². The average Bonchev–Trinajstić information content (AvgIpc) is 2.45. The Morgan fingerprint density at radius 3 is 2.57 bits per heavy atom. The van der Waals surface area contributed by atoms with Gasteiger partial charge in [-0.3, -0.25) is 4.98 Å². The molecule has 1 atom stereocenters. The van der Waals surface area contributed by atoms with Crippen LogP contribution in [0.2, 0.25) is 0 Å². The van der Waals surface area contributed by atoms with Gasteiger partial charge < -0.3 is 9.84 Å². The van der Waals surface area contributed by atoms with Crippen LogP contribution in [0.4, 0.5) is 13.2 Å². The number of benzene rings is 1. The fourth-order valence-corrected chi connectivity index (χ4v) is 2.47. The van der Waals surface area contributed by atoms with Crippen molar-refractivity contribution in [2.24, 2.45) is 0 Å². The third-order valence-corrected chi connectivity index (χ3v) is 3.56. The van der Waals surface area contributed by atoms with Crippen LogP contribution in [-0.4, -0.2) is 17.2 Å². The lowest BCUT2D eigenvalue weighted by Crippen LogP contribution is -2.13. The maximum Gasteiger partial charge on any atom is 0.416 e. The van der Waals surface area contributed by atoms with Crippen LogP contribution in [0, 0.1) is 0 Å². The summed E-state index contributed by atoms with van der Waals surface area (Å²) in [6.07, 6.45) is -3.92. The van der Waals surface area contributed by atoms with Crippen LogP contribution in [0.3, 0.4) is 0 Å². The van der Waals surface area contributed by atoms with Crippen LogP contribution in [0.15, 0.2) is 41.1 Å². The number of hydrogen-bond acceptors (Lipinski definition) is 3. The third kappa shape index (κ3) is 3.36. The van der Waals surface area contributed by atoms with Gasteiger partial charge in [-0.05, 0) is 39.7 Å². The van der Waals surface area contributed by atoms with Gasteiger partial charge >= 0.3 is 6.18 Å². The Labute approximate surface area is 127 Å². The first-order valence-corrected chi connectivity index (χ1v) is 6.66. The molecule has 0 aliphatic heterocycles. The van der Waals surface area contributed by atoms with Gasteiger partial charge in [0.15, 0.2) is 0 Å². The number of methoxy groups -OCH3 is 1. The highest BCUT2D eigenvalue weighted by Gasteiger charge is 2.35. The SMILES string of the molecule is COc1ccc(C(O)c2cnccc2C(F)(F)F)cc1Br. The summed E-state index contributed by atoms with van der Waals surface area (Å²) in [5, 5.41) is 10.2. The summed E-state index contributed by atoms with van der Waals surface area (Å²) in [6, 6.07) is 5.42. The Morgan fingerprint density at radius 1 is 1.29 bits per heavy atom. The summed E-state index contributed by atoms with van der Waals surface area (Å²) >= 11 is 3.23. The van der Waals surface area contributed by atoms with E-state index in [0.29, 0.717) is 15.8 Å². The molecule has 0 spiro atoms. The van der Waals surface area contributed by atoms with Crippen molar-refractivity contribution in [2.75, 3.05) is 7.11 Å². The number of pyridine rings is 1. The molecule has 7 heteroatoms. The summed E-state index contributed by atoms with van der Waals surface area (Å²) in [6.45, 7) is 0. The van der Waals surface area contributed by atoms with Gasteiger partial charge in [0.05, 0.1) is 17.1 Å². The van der Waals surface area contributed by atoms with E-state index in [-0.39, 0.29) is 5.56 Å². The maximum absolute atomic E-state index is 13.0. The normalized spacial score (nSPS) is 13.0. The molecule has 1 aromatic heterocycles. The summed E-state index contributed by atoms with van der Waals surface area (Å²) in [7, 11) is 1.47. The first-order chi connectivity index (χ1) is 9.84. The van der Waals surface area contributed by atoms with E-state index >= 15 is 0 Å². The van der Waals surface area contributed by atoms with Crippen molar-refractivity contribution in [3.8, 4) is 5.75 Å². The molecule has 1 aromatic carbocycles. The number of aliphatic hydroxyl groups is 1. The molecule has 2 rings (SSSR count). The van der Waals surface area contributed by atoms with Gasteiger partial charge in [-0.15, -0.1) is 0 Å². The van der Waals surface area contributed by atoms with Gasteiger partial charge in [-0.1, -0.05) is 6.07 Å². The zero-order chi connectivity index (χ0) is 15.6. The van der Waals surface area contributed by atoms with Crippen LogP contribution in [-0.2, 0) is 6.18 Å². The summed E-state index contributed by atoms with van der Waals surface area (Å²) in [5.74, 6) is 0.521. The second-order valence-electron chi connectivity index (χ2n) is 4.26. The van der Waals surface area contributed by atoms with Crippen molar-refractivity contribution in [3.05, 3.63) is 57.8 Å². The molecule has 0 aliphatic carbocycles. The number of aliphatic hydroxyl groups excluding tert-OH is 1. The van der Waals surface area contributed by atoms with Gasteiger partial charge in [-0.25, -0.2) is 0 Å². The molecule has 0 amide bonds. The highest BCUT2D eigenvalue weighted by molar-refractivity contribution is 9.10. The molecule has 0 aliphatic rings. The average molecular weight is 362 g/mol. The van der Waals surface area contributed by atoms with Crippen molar-refractivity contribution in [3.63, 3.8) is 0 Å². The van der Waals surface area contributed by atoms with Crippen LogP contribution >= 0.6 is 15.9 Å². The quantitative estimate of drug-likeness (QED) is 0.899. The van der Waals surface area contributed by atoms with Gasteiger partial charge in [0.25, 0.3) is 0 Å². The maximum atomic E-state index is 13.0. The van der Waals surface area contributed by atoms with Crippen molar-refractivity contribution >= 4 is 15.9 Å². The van der Waals surface area contributed by atoms with Crippen LogP contribution in [0.5, 0.6) is 5.75 Å². The standard InChI is InChI=1S/C14H11BrF3NO2/c1-21-12-3-2-8(6-11(12)15)13(20)9-7-19-5-4-10(9)14(16,17)18/h2-7,13,20H,1H3. The highest BCUT2D eigenvalue weighted by Crippen LogP contribution is 2.37. The molecule has 1 N–H and O–H groups in total. The van der Waals surface area contributed by atoms with E-state index in [0.717, 1.165) is 18.5 Å². The number of rotatable bonds is 3. The molecule has 0 bridgehead atoms. The van der Waals surface area contributed by atoms with Gasteiger partial charge in [0.1, 0.15) is 11.9 Å². The van der Waals surface area contributed by atoms with Crippen molar-refractivity contribution in [1.29, 1.82) is 0 Å². The van der Waals surface area contributed by atoms with Gasteiger partial charge in [0, 0.05) is 18.0 Å². The zero-order valence-electron chi connectivity index (χ0n) is 10.9. The van der Waals surface area contributed by atoms with Crippen LogP contribution in [0.1, 0.15) is 22.8 Å². The van der Waals surface area contributed by atoms with E-state index in [1.54, 1.807) is 6.07 Å². The van der Waals surface area contributed by atoms with Gasteiger partial charge in [-0.2, -0.15) is 13.2 Å². The Morgan fingerprint density at radius 2 is 2.00 bits per heavy atom. The lowest BCUT2D eigenvalue weighted by molar-refractivity contribution is -0.139. The minimum atomic E-state index is -4.55. The van der Waals surface area contributed by atoms with E-state index in [1.165, 1.54) is 19.2 Å². The van der Waals surface area contributed by atoms with Crippen molar-refractivity contribution in [2.45, 2.75) is 12.3 Å². The molecular weight excluding hydrogens is 351 g/mol. The van der Waals surface area contributed by atoms with E-state index in [1.807, 2.05) is 0 Å². The van der Waals surface area contributed by atoms with Crippen LogP contribution in [0.25, 0.3) is 0 Å². The largest absolute Gasteiger partial charge is 0.496 e. The van der Waals surface area contributed by atoms with Crippen LogP contribution < -0.4 is 4.74 Å². The lowest BCUT2D eigenvalue weighted by Gasteiger charge is -2.18. The molecule has 0 saturated carbocycles. The second kappa shape index (κ2) is 6.03. The smallest absolute Gasteiger partial charge is 0.416 e. The Hall–Kier alpha value is -1.60. The Balaban J connectivity index is 2.45. The molecule has 1 unspecified atom stereocenters.